The molecule has 0 atom stereocenters. The van der Waals surface area contributed by atoms with Gasteiger partial charge in [-0.3, -0.25) is 0 Å². The first kappa shape index (κ1) is 18.7. The SMILES string of the molecule is CC.CCCC(CCC)C/C(N)=C\c1ccc(F)cc1. The second-order valence-electron chi connectivity index (χ2n) is 4.92. The zero-order chi connectivity index (χ0) is 15.4. The molecule has 2 heteroatoms. The molecule has 0 fully saturated rings. The van der Waals surface area contributed by atoms with E-state index < -0.39 is 0 Å². The Morgan fingerprint density at radius 3 is 2.05 bits per heavy atom. The Morgan fingerprint density at radius 2 is 1.60 bits per heavy atom. The second kappa shape index (κ2) is 11.5. The zero-order valence-electron chi connectivity index (χ0n) is 13.5. The Balaban J connectivity index is 0.00000172. The number of allylic oxidation sites excluding steroid dienone is 1. The number of hydrogen-bond acceptors (Lipinski definition) is 1. The van der Waals surface area contributed by atoms with E-state index in [1.807, 2.05) is 19.9 Å². The monoisotopic (exact) mass is 279 g/mol. The highest BCUT2D eigenvalue weighted by atomic mass is 19.1. The second-order valence-corrected chi connectivity index (χ2v) is 4.92. The summed E-state index contributed by atoms with van der Waals surface area (Å²) in [5.41, 5.74) is 7.94. The molecule has 0 aromatic heterocycles. The van der Waals surface area contributed by atoms with E-state index in [-0.39, 0.29) is 5.82 Å². The van der Waals surface area contributed by atoms with Crippen LogP contribution in [0.4, 0.5) is 4.39 Å². The normalized spacial score (nSPS) is 11.2. The molecular weight excluding hydrogens is 249 g/mol. The first-order valence-electron chi connectivity index (χ1n) is 7.87. The number of benzene rings is 1. The Hall–Kier alpha value is -1.31. The fraction of sp³-hybridized carbons (Fsp3) is 0.556. The van der Waals surface area contributed by atoms with Gasteiger partial charge in [0, 0.05) is 5.70 Å². The molecule has 114 valence electrons. The van der Waals surface area contributed by atoms with Crippen molar-refractivity contribution in [3.63, 3.8) is 0 Å². The Bertz CT molecular complexity index is 362. The third-order valence-corrected chi connectivity index (χ3v) is 3.14. The first-order valence-corrected chi connectivity index (χ1v) is 7.87. The van der Waals surface area contributed by atoms with Crippen LogP contribution in [0.25, 0.3) is 6.08 Å². The van der Waals surface area contributed by atoms with Crippen molar-refractivity contribution in [3.8, 4) is 0 Å². The highest BCUT2D eigenvalue weighted by Gasteiger charge is 2.07. The highest BCUT2D eigenvalue weighted by molar-refractivity contribution is 5.51. The van der Waals surface area contributed by atoms with Gasteiger partial charge in [-0.1, -0.05) is 65.5 Å². The molecule has 20 heavy (non-hydrogen) atoms. The summed E-state index contributed by atoms with van der Waals surface area (Å²) < 4.78 is 12.8. The van der Waals surface area contributed by atoms with Gasteiger partial charge in [0.05, 0.1) is 0 Å². The predicted octanol–water partition coefficient (Wildman–Crippen LogP) is 5.76. The summed E-state index contributed by atoms with van der Waals surface area (Å²) in [6.07, 6.45) is 7.76. The van der Waals surface area contributed by atoms with E-state index in [0.29, 0.717) is 5.92 Å². The van der Waals surface area contributed by atoms with Crippen LogP contribution in [0.5, 0.6) is 0 Å². The van der Waals surface area contributed by atoms with Gasteiger partial charge in [-0.15, -0.1) is 0 Å². The summed E-state index contributed by atoms with van der Waals surface area (Å²) in [4.78, 5) is 0. The van der Waals surface area contributed by atoms with E-state index in [1.165, 1.54) is 37.8 Å². The van der Waals surface area contributed by atoms with E-state index in [2.05, 4.69) is 13.8 Å². The van der Waals surface area contributed by atoms with Gasteiger partial charge < -0.3 is 5.73 Å². The lowest BCUT2D eigenvalue weighted by Crippen LogP contribution is -2.07. The molecule has 0 heterocycles. The van der Waals surface area contributed by atoms with Gasteiger partial charge in [0.25, 0.3) is 0 Å². The molecule has 0 spiro atoms. The number of halogens is 1. The zero-order valence-corrected chi connectivity index (χ0v) is 13.5. The maximum Gasteiger partial charge on any atom is 0.123 e. The summed E-state index contributed by atoms with van der Waals surface area (Å²) in [5.74, 6) is 0.470. The quantitative estimate of drug-likeness (QED) is 0.675. The Kier molecular flexibility index (Phi) is 10.8. The van der Waals surface area contributed by atoms with E-state index >= 15 is 0 Å². The third kappa shape index (κ3) is 7.98. The average Bonchev–Trinajstić information content (AvgIpc) is 2.44. The van der Waals surface area contributed by atoms with Crippen molar-refractivity contribution in [1.82, 2.24) is 0 Å². The smallest absolute Gasteiger partial charge is 0.123 e. The lowest BCUT2D eigenvalue weighted by atomic mass is 9.93. The summed E-state index contributed by atoms with van der Waals surface area (Å²) >= 11 is 0. The van der Waals surface area contributed by atoms with Crippen LogP contribution >= 0.6 is 0 Å². The summed E-state index contributed by atoms with van der Waals surface area (Å²) in [7, 11) is 0. The fourth-order valence-electron chi connectivity index (χ4n) is 2.33. The van der Waals surface area contributed by atoms with Gasteiger partial charge in [-0.2, -0.15) is 0 Å². The van der Waals surface area contributed by atoms with Crippen LogP contribution < -0.4 is 5.73 Å². The van der Waals surface area contributed by atoms with Crippen molar-refractivity contribution in [1.29, 1.82) is 0 Å². The molecule has 1 nitrogen and oxygen atoms in total. The van der Waals surface area contributed by atoms with Crippen LogP contribution in [0.15, 0.2) is 30.0 Å². The van der Waals surface area contributed by atoms with Crippen LogP contribution in [-0.2, 0) is 0 Å². The molecule has 0 saturated heterocycles. The number of nitrogens with two attached hydrogens (primary N) is 1. The molecule has 1 aromatic carbocycles. The Labute approximate surface area is 124 Å². The van der Waals surface area contributed by atoms with Crippen molar-refractivity contribution in [2.24, 2.45) is 11.7 Å². The third-order valence-electron chi connectivity index (χ3n) is 3.14. The predicted molar refractivity (Wildman–Crippen MR) is 87.8 cm³/mol. The van der Waals surface area contributed by atoms with Crippen molar-refractivity contribution >= 4 is 6.08 Å². The molecular formula is C18H30FN. The van der Waals surface area contributed by atoms with E-state index in [4.69, 9.17) is 5.73 Å². The van der Waals surface area contributed by atoms with Crippen LogP contribution in [0.1, 0.15) is 65.4 Å². The molecule has 0 aliphatic carbocycles. The first-order chi connectivity index (χ1) is 9.65. The van der Waals surface area contributed by atoms with Crippen molar-refractivity contribution < 1.29 is 4.39 Å². The standard InChI is InChI=1S/C16H24FN.C2H6/c1-3-5-13(6-4-2)11-16(18)12-14-7-9-15(17)10-8-14;1-2/h7-10,12-13H,3-6,11,18H2,1-2H3;1-2H3/b16-12+;. The van der Waals surface area contributed by atoms with Gasteiger partial charge in [0.1, 0.15) is 5.82 Å². The number of rotatable bonds is 7. The maximum absolute atomic E-state index is 12.8. The molecule has 0 amide bonds. The minimum Gasteiger partial charge on any atom is -0.402 e. The average molecular weight is 279 g/mol. The molecule has 0 bridgehead atoms. The van der Waals surface area contributed by atoms with Gasteiger partial charge in [-0.25, -0.2) is 4.39 Å². The van der Waals surface area contributed by atoms with Crippen molar-refractivity contribution in [2.45, 2.75) is 59.8 Å². The topological polar surface area (TPSA) is 26.0 Å². The van der Waals surface area contributed by atoms with E-state index in [9.17, 15) is 4.39 Å². The molecule has 2 N–H and O–H groups in total. The molecule has 0 saturated carbocycles. The van der Waals surface area contributed by atoms with E-state index in [0.717, 1.165) is 17.7 Å². The fourth-order valence-corrected chi connectivity index (χ4v) is 2.33. The van der Waals surface area contributed by atoms with Crippen LogP contribution in [0.3, 0.4) is 0 Å². The van der Waals surface area contributed by atoms with Crippen molar-refractivity contribution in [3.05, 3.63) is 41.3 Å². The summed E-state index contributed by atoms with van der Waals surface area (Å²) in [6, 6.07) is 6.46. The molecule has 0 radical (unpaired) electrons. The molecule has 0 unspecified atom stereocenters. The molecule has 0 aliphatic rings. The maximum atomic E-state index is 12.8. The van der Waals surface area contributed by atoms with Crippen molar-refractivity contribution in [2.75, 3.05) is 0 Å². The van der Waals surface area contributed by atoms with Gasteiger partial charge in [-0.05, 0) is 36.1 Å². The lowest BCUT2D eigenvalue weighted by Gasteiger charge is -2.15. The summed E-state index contributed by atoms with van der Waals surface area (Å²) in [5, 5.41) is 0. The minimum absolute atomic E-state index is 0.208. The van der Waals surface area contributed by atoms with Crippen LogP contribution in [0, 0.1) is 11.7 Å². The van der Waals surface area contributed by atoms with Gasteiger partial charge in [0.2, 0.25) is 0 Å². The highest BCUT2D eigenvalue weighted by Crippen LogP contribution is 2.21. The van der Waals surface area contributed by atoms with Gasteiger partial charge >= 0.3 is 0 Å². The van der Waals surface area contributed by atoms with Crippen LogP contribution in [-0.4, -0.2) is 0 Å². The molecule has 0 aliphatic heterocycles. The van der Waals surface area contributed by atoms with E-state index in [1.54, 1.807) is 12.1 Å². The number of hydrogen-bond donors (Lipinski definition) is 1. The lowest BCUT2D eigenvalue weighted by molar-refractivity contribution is 0.436. The van der Waals surface area contributed by atoms with Gasteiger partial charge in [0.15, 0.2) is 0 Å². The molecule has 1 rings (SSSR count). The minimum atomic E-state index is -0.208. The largest absolute Gasteiger partial charge is 0.402 e. The Morgan fingerprint density at radius 1 is 1.10 bits per heavy atom. The van der Waals surface area contributed by atoms with Crippen LogP contribution in [0.2, 0.25) is 0 Å². The molecule has 1 aromatic rings. The summed E-state index contributed by atoms with van der Waals surface area (Å²) in [6.45, 7) is 8.42.